The van der Waals surface area contributed by atoms with Gasteiger partial charge < -0.3 is 0 Å². The molecule has 0 bridgehead atoms. The van der Waals surface area contributed by atoms with Crippen LogP contribution in [-0.2, 0) is 0 Å². The first kappa shape index (κ1) is 8.99. The van der Waals surface area contributed by atoms with E-state index in [-0.39, 0.29) is 51.4 Å². The molecule has 1 aliphatic rings. The molecule has 0 aromatic carbocycles. The van der Waals surface area contributed by atoms with Crippen LogP contribution in [0.3, 0.4) is 0 Å². The maximum Gasteiger partial charge on any atom is 1.00 e. The Balaban J connectivity index is 0.000000490. The number of allylic oxidation sites excluding steroid dienone is 4. The first-order valence-corrected chi connectivity index (χ1v) is 2.57. The maximum absolute atomic E-state index is 3.81. The second-order valence-corrected chi connectivity index (χ2v) is 1.79. The number of rotatable bonds is 0. The van der Waals surface area contributed by atoms with Crippen LogP contribution < -0.4 is 51.4 Å². The van der Waals surface area contributed by atoms with Crippen molar-refractivity contribution < 1.29 is 51.4 Å². The standard InChI is InChI=1S/C7H9.K/c1-7-5-3-2-4-6-7;/h2-3,5H,1,4,6H2;/q-1;+1. The van der Waals surface area contributed by atoms with E-state index >= 15 is 0 Å². The average Bonchev–Trinajstić information content (AvgIpc) is 1.69. The van der Waals surface area contributed by atoms with Crippen LogP contribution in [0.1, 0.15) is 12.8 Å². The molecule has 0 heterocycles. The van der Waals surface area contributed by atoms with Crippen LogP contribution in [0.5, 0.6) is 0 Å². The third-order valence-electron chi connectivity index (χ3n) is 1.10. The smallest absolute Gasteiger partial charge is 0.242 e. The van der Waals surface area contributed by atoms with Crippen LogP contribution in [0.4, 0.5) is 0 Å². The van der Waals surface area contributed by atoms with E-state index in [0.717, 1.165) is 6.42 Å². The van der Waals surface area contributed by atoms with Gasteiger partial charge in [0, 0.05) is 0 Å². The fourth-order valence-electron chi connectivity index (χ4n) is 0.652. The molecule has 0 aliphatic heterocycles. The van der Waals surface area contributed by atoms with Crippen LogP contribution in [0, 0.1) is 6.92 Å². The zero-order valence-electron chi connectivity index (χ0n) is 5.35. The van der Waals surface area contributed by atoms with E-state index in [9.17, 15) is 0 Å². The van der Waals surface area contributed by atoms with E-state index in [1.807, 2.05) is 0 Å². The summed E-state index contributed by atoms with van der Waals surface area (Å²) in [5, 5.41) is 0. The van der Waals surface area contributed by atoms with Gasteiger partial charge in [0.25, 0.3) is 0 Å². The van der Waals surface area contributed by atoms with Gasteiger partial charge in [0.2, 0.25) is 0 Å². The van der Waals surface area contributed by atoms with Gasteiger partial charge in [-0.25, -0.2) is 18.6 Å². The maximum atomic E-state index is 3.81. The molecule has 0 saturated carbocycles. The molecule has 0 spiro atoms. The largest absolute Gasteiger partial charge is 1.00 e. The minimum Gasteiger partial charge on any atom is -0.242 e. The Morgan fingerprint density at radius 3 is 2.50 bits per heavy atom. The Morgan fingerprint density at radius 2 is 2.25 bits per heavy atom. The SMILES string of the molecule is [CH2-]C1=CC=CCC1.[K+]. The Bertz CT molecular complexity index is 112. The molecule has 0 N–H and O–H groups in total. The molecule has 1 heteroatoms. The summed E-state index contributed by atoms with van der Waals surface area (Å²) >= 11 is 0. The van der Waals surface area contributed by atoms with Crippen molar-refractivity contribution in [2.45, 2.75) is 12.8 Å². The summed E-state index contributed by atoms with van der Waals surface area (Å²) in [5.41, 5.74) is 1.25. The Morgan fingerprint density at radius 1 is 1.50 bits per heavy atom. The predicted molar refractivity (Wildman–Crippen MR) is 31.8 cm³/mol. The van der Waals surface area contributed by atoms with Gasteiger partial charge in [-0.1, -0.05) is 6.42 Å². The predicted octanol–water partition coefficient (Wildman–Crippen LogP) is -0.899. The fraction of sp³-hybridized carbons (Fsp3) is 0.286. The third kappa shape index (κ3) is 3.10. The monoisotopic (exact) mass is 132 g/mol. The van der Waals surface area contributed by atoms with Gasteiger partial charge in [-0.3, -0.25) is 0 Å². The second kappa shape index (κ2) is 4.83. The molecule has 0 aromatic heterocycles. The third-order valence-corrected chi connectivity index (χ3v) is 1.10. The van der Waals surface area contributed by atoms with Crippen LogP contribution in [0.15, 0.2) is 23.8 Å². The van der Waals surface area contributed by atoms with Gasteiger partial charge in [0.05, 0.1) is 0 Å². The van der Waals surface area contributed by atoms with Gasteiger partial charge >= 0.3 is 51.4 Å². The van der Waals surface area contributed by atoms with Crippen molar-refractivity contribution in [3.8, 4) is 0 Å². The molecule has 0 unspecified atom stereocenters. The van der Waals surface area contributed by atoms with Crippen LogP contribution >= 0.6 is 0 Å². The van der Waals surface area contributed by atoms with Crippen molar-refractivity contribution in [1.29, 1.82) is 0 Å². The van der Waals surface area contributed by atoms with Gasteiger partial charge in [-0.2, -0.15) is 0 Å². The molecular weight excluding hydrogens is 123 g/mol. The van der Waals surface area contributed by atoms with Crippen molar-refractivity contribution in [3.05, 3.63) is 30.7 Å². The van der Waals surface area contributed by atoms with Crippen LogP contribution in [0.25, 0.3) is 0 Å². The van der Waals surface area contributed by atoms with Gasteiger partial charge in [-0.05, 0) is 6.42 Å². The second-order valence-electron chi connectivity index (χ2n) is 1.79. The summed E-state index contributed by atoms with van der Waals surface area (Å²) in [6.45, 7) is 3.81. The van der Waals surface area contributed by atoms with Gasteiger partial charge in [0.15, 0.2) is 0 Å². The Hall–Kier alpha value is 0.986. The molecule has 0 nitrogen and oxygen atoms in total. The first-order valence-electron chi connectivity index (χ1n) is 2.57. The topological polar surface area (TPSA) is 0 Å². The number of hydrogen-bond donors (Lipinski definition) is 0. The summed E-state index contributed by atoms with van der Waals surface area (Å²) in [5.74, 6) is 0. The molecule has 0 aromatic rings. The molecule has 0 amide bonds. The van der Waals surface area contributed by atoms with Crippen molar-refractivity contribution in [1.82, 2.24) is 0 Å². The summed E-state index contributed by atoms with van der Waals surface area (Å²) in [4.78, 5) is 0. The molecule has 0 saturated heterocycles. The van der Waals surface area contributed by atoms with Crippen molar-refractivity contribution in [2.24, 2.45) is 0 Å². The molecule has 1 rings (SSSR count). The molecule has 38 valence electrons. The van der Waals surface area contributed by atoms with E-state index in [4.69, 9.17) is 0 Å². The molecule has 1 aliphatic carbocycles. The normalized spacial score (nSPS) is 16.8. The quantitative estimate of drug-likeness (QED) is 0.296. The summed E-state index contributed by atoms with van der Waals surface area (Å²) in [7, 11) is 0. The molecule has 8 heavy (non-hydrogen) atoms. The molecule has 0 radical (unpaired) electrons. The number of hydrogen-bond acceptors (Lipinski definition) is 0. The minimum absolute atomic E-state index is 0. The van der Waals surface area contributed by atoms with Crippen molar-refractivity contribution in [3.63, 3.8) is 0 Å². The minimum atomic E-state index is 0. The zero-order chi connectivity index (χ0) is 5.11. The molecule has 0 fully saturated rings. The van der Waals surface area contributed by atoms with E-state index < -0.39 is 0 Å². The van der Waals surface area contributed by atoms with Crippen molar-refractivity contribution >= 4 is 0 Å². The molecular formula is C7H9K. The van der Waals surface area contributed by atoms with Gasteiger partial charge in [0.1, 0.15) is 0 Å². The van der Waals surface area contributed by atoms with E-state index in [2.05, 4.69) is 25.2 Å². The summed E-state index contributed by atoms with van der Waals surface area (Å²) in [6, 6.07) is 0. The Kier molecular flexibility index (Phi) is 5.42. The Labute approximate surface area is 93.5 Å². The van der Waals surface area contributed by atoms with Gasteiger partial charge in [-0.15, -0.1) is 12.2 Å². The fourth-order valence-corrected chi connectivity index (χ4v) is 0.652. The average molecular weight is 132 g/mol. The van der Waals surface area contributed by atoms with E-state index in [1.54, 1.807) is 0 Å². The van der Waals surface area contributed by atoms with E-state index in [1.165, 1.54) is 12.0 Å². The summed E-state index contributed by atoms with van der Waals surface area (Å²) < 4.78 is 0. The summed E-state index contributed by atoms with van der Waals surface area (Å²) in [6.07, 6.45) is 8.61. The van der Waals surface area contributed by atoms with Crippen molar-refractivity contribution in [2.75, 3.05) is 0 Å². The van der Waals surface area contributed by atoms with Crippen LogP contribution in [0.2, 0.25) is 0 Å². The first-order chi connectivity index (χ1) is 3.39. The molecule has 0 atom stereocenters. The zero-order valence-corrected chi connectivity index (χ0v) is 8.48. The van der Waals surface area contributed by atoms with E-state index in [0.29, 0.717) is 0 Å². The van der Waals surface area contributed by atoms with Crippen LogP contribution in [-0.4, -0.2) is 0 Å².